The van der Waals surface area contributed by atoms with Gasteiger partial charge in [-0.3, -0.25) is 10.1 Å². The molecule has 0 heterocycles. The van der Waals surface area contributed by atoms with Crippen molar-refractivity contribution in [1.82, 2.24) is 5.01 Å². The molecule has 0 spiro atoms. The molecule has 1 aromatic rings. The van der Waals surface area contributed by atoms with E-state index in [0.717, 1.165) is 0 Å². The van der Waals surface area contributed by atoms with Crippen LogP contribution in [0.3, 0.4) is 0 Å². The van der Waals surface area contributed by atoms with Gasteiger partial charge in [0, 0.05) is 26.2 Å². The van der Waals surface area contributed by atoms with E-state index in [2.05, 4.69) is 5.43 Å². The molecule has 0 radical (unpaired) electrons. The summed E-state index contributed by atoms with van der Waals surface area (Å²) in [6, 6.07) is 2.50. The summed E-state index contributed by atoms with van der Waals surface area (Å²) in [5, 5.41) is 12.6. The van der Waals surface area contributed by atoms with Crippen LogP contribution in [0, 0.1) is 10.1 Å². The first kappa shape index (κ1) is 12.0. The Hall–Kier alpha value is -1.04. The van der Waals surface area contributed by atoms with Gasteiger partial charge in [-0.05, 0) is 0 Å². The molecule has 0 aliphatic heterocycles. The van der Waals surface area contributed by atoms with E-state index >= 15 is 0 Å². The Labute approximate surface area is 96.7 Å². The molecule has 0 atom stereocenters. The normalized spacial score (nSPS) is 10.5. The van der Waals surface area contributed by atoms with Crippen LogP contribution in [0.5, 0.6) is 0 Å². The van der Waals surface area contributed by atoms with E-state index in [4.69, 9.17) is 23.2 Å². The number of nitro benzene ring substituents is 1. The smallest absolute Gasteiger partial charge is 0.272 e. The predicted molar refractivity (Wildman–Crippen MR) is 60.4 cm³/mol. The van der Waals surface area contributed by atoms with E-state index in [1.165, 1.54) is 12.1 Å². The monoisotopic (exact) mass is 249 g/mol. The van der Waals surface area contributed by atoms with Crippen molar-refractivity contribution in [3.63, 3.8) is 0 Å². The van der Waals surface area contributed by atoms with Crippen molar-refractivity contribution < 1.29 is 4.92 Å². The molecule has 0 amide bonds. The molecule has 1 rings (SSSR count). The summed E-state index contributed by atoms with van der Waals surface area (Å²) in [6.07, 6.45) is 0. The van der Waals surface area contributed by atoms with Crippen LogP contribution in [0.25, 0.3) is 0 Å². The van der Waals surface area contributed by atoms with Crippen LogP contribution < -0.4 is 5.43 Å². The third-order valence-electron chi connectivity index (χ3n) is 1.57. The van der Waals surface area contributed by atoms with Crippen molar-refractivity contribution >= 4 is 34.6 Å². The molecular weight excluding hydrogens is 241 g/mol. The molecule has 0 saturated heterocycles. The minimum absolute atomic E-state index is 0.130. The van der Waals surface area contributed by atoms with Gasteiger partial charge in [0.25, 0.3) is 5.69 Å². The van der Waals surface area contributed by atoms with Gasteiger partial charge in [-0.25, -0.2) is 5.01 Å². The second-order valence-corrected chi connectivity index (χ2v) is 3.86. The van der Waals surface area contributed by atoms with Crippen LogP contribution >= 0.6 is 23.2 Å². The van der Waals surface area contributed by atoms with Crippen LogP contribution in [-0.4, -0.2) is 24.0 Å². The van der Waals surface area contributed by atoms with Gasteiger partial charge in [-0.2, -0.15) is 0 Å². The fourth-order valence-corrected chi connectivity index (χ4v) is 1.56. The summed E-state index contributed by atoms with van der Waals surface area (Å²) in [5.74, 6) is 0. The van der Waals surface area contributed by atoms with Crippen LogP contribution in [0.2, 0.25) is 10.0 Å². The second-order valence-electron chi connectivity index (χ2n) is 3.05. The van der Waals surface area contributed by atoms with Crippen molar-refractivity contribution in [3.8, 4) is 0 Å². The van der Waals surface area contributed by atoms with Crippen molar-refractivity contribution in [2.75, 3.05) is 19.5 Å². The molecule has 7 heteroatoms. The van der Waals surface area contributed by atoms with Crippen LogP contribution in [0.15, 0.2) is 12.1 Å². The SMILES string of the molecule is CN(C)Nc1c(Cl)cc([N+](=O)[O-])cc1Cl. The van der Waals surface area contributed by atoms with Gasteiger partial charge in [0.15, 0.2) is 0 Å². The zero-order valence-electron chi connectivity index (χ0n) is 8.12. The lowest BCUT2D eigenvalue weighted by Gasteiger charge is -2.15. The van der Waals surface area contributed by atoms with Crippen molar-refractivity contribution in [2.45, 2.75) is 0 Å². The van der Waals surface area contributed by atoms with E-state index < -0.39 is 4.92 Å². The highest BCUT2D eigenvalue weighted by molar-refractivity contribution is 6.39. The molecule has 0 aliphatic rings. The number of non-ortho nitro benzene ring substituents is 1. The second kappa shape index (κ2) is 4.65. The Balaban J connectivity index is 3.15. The van der Waals surface area contributed by atoms with Gasteiger partial charge in [0.2, 0.25) is 0 Å². The minimum Gasteiger partial charge on any atom is -0.317 e. The zero-order chi connectivity index (χ0) is 11.6. The summed E-state index contributed by atoms with van der Waals surface area (Å²) in [7, 11) is 3.52. The summed E-state index contributed by atoms with van der Waals surface area (Å²) in [6.45, 7) is 0. The summed E-state index contributed by atoms with van der Waals surface area (Å²) >= 11 is 11.7. The largest absolute Gasteiger partial charge is 0.317 e. The summed E-state index contributed by atoms with van der Waals surface area (Å²) < 4.78 is 0. The number of rotatable bonds is 3. The fraction of sp³-hybridized carbons (Fsp3) is 0.250. The quantitative estimate of drug-likeness (QED) is 0.661. The van der Waals surface area contributed by atoms with Gasteiger partial charge in [-0.1, -0.05) is 23.2 Å². The average molecular weight is 250 g/mol. The van der Waals surface area contributed by atoms with Crippen LogP contribution in [0.4, 0.5) is 11.4 Å². The zero-order valence-corrected chi connectivity index (χ0v) is 9.63. The van der Waals surface area contributed by atoms with Gasteiger partial charge >= 0.3 is 0 Å². The molecule has 1 aromatic carbocycles. The standard InChI is InChI=1S/C8H9Cl2N3O2/c1-12(2)11-8-6(9)3-5(13(14)15)4-7(8)10/h3-4,11H,1-2H3. The van der Waals surface area contributed by atoms with Crippen molar-refractivity contribution in [3.05, 3.63) is 32.3 Å². The number of nitro groups is 1. The topological polar surface area (TPSA) is 58.4 Å². The molecule has 82 valence electrons. The first-order valence-electron chi connectivity index (χ1n) is 3.99. The molecule has 15 heavy (non-hydrogen) atoms. The van der Waals surface area contributed by atoms with E-state index in [-0.39, 0.29) is 15.7 Å². The number of hydrogen-bond donors (Lipinski definition) is 1. The summed E-state index contributed by atoms with van der Waals surface area (Å²) in [5.41, 5.74) is 3.18. The molecule has 1 N–H and O–H groups in total. The number of hydrazine groups is 1. The highest BCUT2D eigenvalue weighted by Crippen LogP contribution is 2.34. The lowest BCUT2D eigenvalue weighted by atomic mass is 10.3. The van der Waals surface area contributed by atoms with Gasteiger partial charge in [0.05, 0.1) is 20.7 Å². The maximum absolute atomic E-state index is 10.5. The van der Waals surface area contributed by atoms with Gasteiger partial charge in [-0.15, -0.1) is 0 Å². The highest BCUT2D eigenvalue weighted by Gasteiger charge is 2.14. The van der Waals surface area contributed by atoms with Gasteiger partial charge in [0.1, 0.15) is 0 Å². The fourth-order valence-electron chi connectivity index (χ4n) is 0.996. The lowest BCUT2D eigenvalue weighted by molar-refractivity contribution is -0.384. The highest BCUT2D eigenvalue weighted by atomic mass is 35.5. The van der Waals surface area contributed by atoms with Crippen LogP contribution in [-0.2, 0) is 0 Å². The average Bonchev–Trinajstić information content (AvgIpc) is 2.10. The number of nitrogens with one attached hydrogen (secondary N) is 1. The lowest BCUT2D eigenvalue weighted by Crippen LogP contribution is -2.20. The van der Waals surface area contributed by atoms with Crippen molar-refractivity contribution in [1.29, 1.82) is 0 Å². The van der Waals surface area contributed by atoms with E-state index in [0.29, 0.717) is 5.69 Å². The molecular formula is C8H9Cl2N3O2. The van der Waals surface area contributed by atoms with E-state index in [1.807, 2.05) is 0 Å². The third-order valence-corrected chi connectivity index (χ3v) is 2.17. The molecule has 0 fully saturated rings. The van der Waals surface area contributed by atoms with Gasteiger partial charge < -0.3 is 5.43 Å². The molecule has 5 nitrogen and oxygen atoms in total. The number of halogens is 2. The Morgan fingerprint density at radius 1 is 1.33 bits per heavy atom. The van der Waals surface area contributed by atoms with Crippen molar-refractivity contribution in [2.24, 2.45) is 0 Å². The molecule has 0 saturated carbocycles. The first-order chi connectivity index (χ1) is 6.91. The Morgan fingerprint density at radius 2 is 1.80 bits per heavy atom. The number of anilines is 1. The number of hydrogen-bond acceptors (Lipinski definition) is 4. The molecule has 0 aromatic heterocycles. The third kappa shape index (κ3) is 2.95. The Bertz CT molecular complexity index is 372. The maximum Gasteiger partial charge on any atom is 0.272 e. The number of benzene rings is 1. The molecule has 0 unspecified atom stereocenters. The summed E-state index contributed by atoms with van der Waals surface area (Å²) in [4.78, 5) is 9.95. The van der Waals surface area contributed by atoms with Crippen LogP contribution in [0.1, 0.15) is 0 Å². The predicted octanol–water partition coefficient (Wildman–Crippen LogP) is 2.79. The molecule has 0 aliphatic carbocycles. The van der Waals surface area contributed by atoms with E-state index in [1.54, 1.807) is 19.1 Å². The Kier molecular flexibility index (Phi) is 3.73. The van der Waals surface area contributed by atoms with E-state index in [9.17, 15) is 10.1 Å². The number of nitrogens with zero attached hydrogens (tertiary/aromatic N) is 2. The first-order valence-corrected chi connectivity index (χ1v) is 4.75. The minimum atomic E-state index is -0.544. The maximum atomic E-state index is 10.5. The Morgan fingerprint density at radius 3 is 2.13 bits per heavy atom. The molecule has 0 bridgehead atoms.